The van der Waals surface area contributed by atoms with Crippen molar-refractivity contribution in [3.63, 3.8) is 0 Å². The molecule has 0 aromatic rings. The van der Waals surface area contributed by atoms with Gasteiger partial charge in [-0.1, -0.05) is 0 Å². The molecule has 3 fully saturated rings. The van der Waals surface area contributed by atoms with Crippen LogP contribution in [0.5, 0.6) is 0 Å². The minimum Gasteiger partial charge on any atom is -0.376 e. The fourth-order valence-electron chi connectivity index (χ4n) is 3.62. The van der Waals surface area contributed by atoms with E-state index in [0.29, 0.717) is 32.8 Å². The molecule has 0 aromatic heterocycles. The number of ether oxygens (including phenoxy) is 2. The van der Waals surface area contributed by atoms with Gasteiger partial charge in [0.15, 0.2) is 5.96 Å². The van der Waals surface area contributed by atoms with E-state index in [1.54, 1.807) is 7.05 Å². The number of amides is 1. The summed E-state index contributed by atoms with van der Waals surface area (Å²) in [5, 5.41) is 6.37. The molecule has 0 radical (unpaired) electrons. The molecule has 2 N–H and O–H groups in total. The van der Waals surface area contributed by atoms with Gasteiger partial charge in [0.05, 0.1) is 25.9 Å². The number of nitrogens with zero attached hydrogens (tertiary/aromatic N) is 2. The van der Waals surface area contributed by atoms with Gasteiger partial charge in [0.1, 0.15) is 0 Å². The van der Waals surface area contributed by atoms with Crippen molar-refractivity contribution < 1.29 is 14.3 Å². The Bertz CT molecular complexity index is 442. The molecule has 1 spiro atoms. The Labute approximate surface area is 154 Å². The van der Waals surface area contributed by atoms with E-state index in [0.717, 1.165) is 38.4 Å². The number of carbonyl (C=O) groups is 1. The second-order valence-electron chi connectivity index (χ2n) is 6.47. The second-order valence-corrected chi connectivity index (χ2v) is 6.47. The first-order valence-electron chi connectivity index (χ1n) is 8.12. The van der Waals surface area contributed by atoms with Gasteiger partial charge in [-0.2, -0.15) is 0 Å². The molecule has 0 saturated carbocycles. The Hall–Kier alpha value is -0.610. The lowest BCUT2D eigenvalue weighted by atomic mass is 9.79. The van der Waals surface area contributed by atoms with Gasteiger partial charge in [-0.05, 0) is 12.8 Å². The lowest BCUT2D eigenvalue weighted by Crippen LogP contribution is -2.53. The molecular formula is C15H27IN4O3. The van der Waals surface area contributed by atoms with Crippen LogP contribution in [-0.4, -0.2) is 75.9 Å². The summed E-state index contributed by atoms with van der Waals surface area (Å²) in [6.45, 7) is 5.33. The first kappa shape index (κ1) is 18.7. The Morgan fingerprint density at radius 2 is 2.39 bits per heavy atom. The summed E-state index contributed by atoms with van der Waals surface area (Å²) in [5.41, 5.74) is 0.0808. The van der Waals surface area contributed by atoms with Gasteiger partial charge >= 0.3 is 0 Å². The number of hydrogen-bond acceptors (Lipinski definition) is 4. The highest BCUT2D eigenvalue weighted by Crippen LogP contribution is 2.35. The third-order valence-electron chi connectivity index (χ3n) is 4.74. The number of guanidine groups is 1. The lowest BCUT2D eigenvalue weighted by Gasteiger charge is -2.41. The molecule has 2 atom stereocenters. The van der Waals surface area contributed by atoms with Gasteiger partial charge < -0.3 is 25.0 Å². The van der Waals surface area contributed by atoms with E-state index < -0.39 is 0 Å². The van der Waals surface area contributed by atoms with Gasteiger partial charge in [-0.15, -0.1) is 24.0 Å². The molecule has 23 heavy (non-hydrogen) atoms. The van der Waals surface area contributed by atoms with E-state index in [-0.39, 0.29) is 41.4 Å². The van der Waals surface area contributed by atoms with Crippen LogP contribution in [0.2, 0.25) is 0 Å². The predicted octanol–water partition coefficient (Wildman–Crippen LogP) is 0.197. The van der Waals surface area contributed by atoms with Crippen molar-refractivity contribution in [2.75, 3.05) is 53.0 Å². The summed E-state index contributed by atoms with van der Waals surface area (Å²) in [7, 11) is 1.81. The first-order chi connectivity index (χ1) is 10.7. The Morgan fingerprint density at radius 1 is 1.52 bits per heavy atom. The van der Waals surface area contributed by atoms with Crippen LogP contribution in [0.3, 0.4) is 0 Å². The van der Waals surface area contributed by atoms with E-state index in [9.17, 15) is 4.79 Å². The van der Waals surface area contributed by atoms with Crippen LogP contribution in [0.25, 0.3) is 0 Å². The second kappa shape index (κ2) is 8.48. The normalized spacial score (nSPS) is 31.7. The van der Waals surface area contributed by atoms with Crippen LogP contribution in [0, 0.1) is 5.41 Å². The molecule has 3 saturated heterocycles. The molecule has 2 unspecified atom stereocenters. The molecule has 3 rings (SSSR count). The van der Waals surface area contributed by atoms with Gasteiger partial charge in [0, 0.05) is 45.1 Å². The van der Waals surface area contributed by atoms with Crippen molar-refractivity contribution in [1.82, 2.24) is 15.5 Å². The fourth-order valence-corrected chi connectivity index (χ4v) is 3.62. The molecule has 0 aromatic carbocycles. The highest BCUT2D eigenvalue weighted by atomic mass is 127. The molecule has 3 aliphatic rings. The quantitative estimate of drug-likeness (QED) is 0.366. The zero-order valence-electron chi connectivity index (χ0n) is 13.7. The highest BCUT2D eigenvalue weighted by Gasteiger charge is 2.42. The van der Waals surface area contributed by atoms with Crippen molar-refractivity contribution in [2.24, 2.45) is 10.4 Å². The average molecular weight is 438 g/mol. The summed E-state index contributed by atoms with van der Waals surface area (Å²) in [6.07, 6.45) is 2.93. The van der Waals surface area contributed by atoms with Crippen molar-refractivity contribution >= 4 is 35.8 Å². The fraction of sp³-hybridized carbons (Fsp3) is 0.867. The molecule has 8 heteroatoms. The van der Waals surface area contributed by atoms with Crippen molar-refractivity contribution in [3.05, 3.63) is 0 Å². The summed E-state index contributed by atoms with van der Waals surface area (Å²) in [4.78, 5) is 18.3. The maximum Gasteiger partial charge on any atom is 0.220 e. The third-order valence-corrected chi connectivity index (χ3v) is 4.74. The summed E-state index contributed by atoms with van der Waals surface area (Å²) in [6, 6.07) is 0. The Morgan fingerprint density at radius 3 is 3.04 bits per heavy atom. The minimum atomic E-state index is 0. The molecule has 3 heterocycles. The van der Waals surface area contributed by atoms with Crippen LogP contribution < -0.4 is 10.6 Å². The molecule has 132 valence electrons. The molecule has 0 bridgehead atoms. The smallest absolute Gasteiger partial charge is 0.220 e. The number of nitrogens with one attached hydrogen (secondary N) is 2. The van der Waals surface area contributed by atoms with Crippen LogP contribution in [0.15, 0.2) is 4.99 Å². The molecule has 7 nitrogen and oxygen atoms in total. The predicted molar refractivity (Wildman–Crippen MR) is 98.2 cm³/mol. The maximum absolute atomic E-state index is 11.6. The van der Waals surface area contributed by atoms with Crippen LogP contribution in [0.4, 0.5) is 0 Å². The number of piperidine rings is 1. The number of rotatable bonds is 2. The SMILES string of the molecule is CN=C(NCC1COCCO1)N1CCCC2(CNC(=O)C2)C1.I. The monoisotopic (exact) mass is 438 g/mol. The number of hydrogen-bond donors (Lipinski definition) is 2. The van der Waals surface area contributed by atoms with Crippen LogP contribution >= 0.6 is 24.0 Å². The van der Waals surface area contributed by atoms with Crippen molar-refractivity contribution in [1.29, 1.82) is 0 Å². The van der Waals surface area contributed by atoms with Crippen LogP contribution in [0.1, 0.15) is 19.3 Å². The van der Waals surface area contributed by atoms with Gasteiger partial charge in [-0.3, -0.25) is 9.79 Å². The third kappa shape index (κ3) is 4.69. The molecule has 0 aliphatic carbocycles. The van der Waals surface area contributed by atoms with E-state index in [1.807, 2.05) is 0 Å². The van der Waals surface area contributed by atoms with E-state index >= 15 is 0 Å². The number of halogens is 1. The topological polar surface area (TPSA) is 75.2 Å². The van der Waals surface area contributed by atoms with E-state index in [2.05, 4.69) is 20.5 Å². The maximum atomic E-state index is 11.6. The van der Waals surface area contributed by atoms with E-state index in [1.165, 1.54) is 0 Å². The zero-order chi connectivity index (χ0) is 15.4. The number of aliphatic imine (C=N–C) groups is 1. The average Bonchev–Trinajstić information content (AvgIpc) is 2.89. The number of carbonyl (C=O) groups excluding carboxylic acids is 1. The van der Waals surface area contributed by atoms with Gasteiger partial charge in [-0.25, -0.2) is 0 Å². The largest absolute Gasteiger partial charge is 0.376 e. The zero-order valence-corrected chi connectivity index (χ0v) is 16.0. The Balaban J connectivity index is 0.00000192. The first-order valence-corrected chi connectivity index (χ1v) is 8.12. The summed E-state index contributed by atoms with van der Waals surface area (Å²) in [5.74, 6) is 1.07. The molecular weight excluding hydrogens is 411 g/mol. The van der Waals surface area contributed by atoms with Gasteiger partial charge in [0.2, 0.25) is 5.91 Å². The Kier molecular flexibility index (Phi) is 6.90. The van der Waals surface area contributed by atoms with Gasteiger partial charge in [0.25, 0.3) is 0 Å². The minimum absolute atomic E-state index is 0. The number of likely N-dealkylation sites (tertiary alicyclic amines) is 1. The van der Waals surface area contributed by atoms with Crippen molar-refractivity contribution in [3.8, 4) is 0 Å². The lowest BCUT2D eigenvalue weighted by molar-refractivity contribution is -0.119. The summed E-state index contributed by atoms with van der Waals surface area (Å²) < 4.78 is 11.1. The molecule has 3 aliphatic heterocycles. The molecule has 1 amide bonds. The summed E-state index contributed by atoms with van der Waals surface area (Å²) >= 11 is 0. The van der Waals surface area contributed by atoms with E-state index in [4.69, 9.17) is 9.47 Å². The standard InChI is InChI=1S/C15H26N4O3.HI/c1-16-14(17-8-12-9-21-5-6-22-12)19-4-2-3-15(11-19)7-13(20)18-10-15;/h12H,2-11H2,1H3,(H,16,17)(H,18,20);1H. The van der Waals surface area contributed by atoms with Crippen molar-refractivity contribution in [2.45, 2.75) is 25.4 Å². The highest BCUT2D eigenvalue weighted by molar-refractivity contribution is 14.0. The van der Waals surface area contributed by atoms with Crippen LogP contribution in [-0.2, 0) is 14.3 Å².